The van der Waals surface area contributed by atoms with Gasteiger partial charge in [0.05, 0.1) is 12.0 Å². The van der Waals surface area contributed by atoms with Crippen molar-refractivity contribution in [1.82, 2.24) is 0 Å². The van der Waals surface area contributed by atoms with Crippen LogP contribution in [-0.4, -0.2) is 8.42 Å². The van der Waals surface area contributed by atoms with E-state index in [0.717, 1.165) is 9.13 Å². The van der Waals surface area contributed by atoms with E-state index in [9.17, 15) is 8.42 Å². The van der Waals surface area contributed by atoms with E-state index in [-0.39, 0.29) is 5.75 Å². The highest BCUT2D eigenvalue weighted by atomic mass is 127. The van der Waals surface area contributed by atoms with Gasteiger partial charge in [-0.2, -0.15) is 0 Å². The highest BCUT2D eigenvalue weighted by molar-refractivity contribution is 14.1. The third-order valence-electron chi connectivity index (χ3n) is 1.30. The minimum Gasteiger partial charge on any atom is -0.228 e. The maximum absolute atomic E-state index is 10.8. The molecule has 0 unspecified atom stereocenters. The maximum Gasteiger partial charge on any atom is 0.155 e. The van der Waals surface area contributed by atoms with Crippen LogP contribution < -0.4 is 0 Å². The van der Waals surface area contributed by atoms with Crippen molar-refractivity contribution in [3.63, 3.8) is 0 Å². The van der Waals surface area contributed by atoms with Crippen LogP contribution in [0.1, 0.15) is 5.56 Å². The summed E-state index contributed by atoms with van der Waals surface area (Å²) < 4.78 is 22.6. The van der Waals surface area contributed by atoms with Crippen LogP contribution in [0.15, 0.2) is 24.3 Å². The summed E-state index contributed by atoms with van der Waals surface area (Å²) in [5, 5.41) is 0. The van der Waals surface area contributed by atoms with Gasteiger partial charge in [-0.05, 0) is 40.3 Å². The van der Waals surface area contributed by atoms with Gasteiger partial charge < -0.3 is 0 Å². The molecule has 2 nitrogen and oxygen atoms in total. The van der Waals surface area contributed by atoms with Crippen molar-refractivity contribution in [2.24, 2.45) is 0 Å². The molecule has 1 aromatic rings. The highest BCUT2D eigenvalue weighted by Crippen LogP contribution is 2.09. The number of rotatable bonds is 2. The summed E-state index contributed by atoms with van der Waals surface area (Å²) in [6.45, 7) is 0. The fourth-order valence-corrected chi connectivity index (χ4v) is 1.89. The normalized spacial score (nSPS) is 11.5. The monoisotopic (exact) mass is 295 g/mol. The van der Waals surface area contributed by atoms with Gasteiger partial charge in [-0.15, -0.1) is 0 Å². The van der Waals surface area contributed by atoms with Crippen LogP contribution in [0, 0.1) is 9.83 Å². The summed E-state index contributed by atoms with van der Waals surface area (Å²) in [7, 11) is -3.14. The lowest BCUT2D eigenvalue weighted by Gasteiger charge is -1.98. The molecule has 0 aliphatic heterocycles. The van der Waals surface area contributed by atoms with E-state index in [1.165, 1.54) is 0 Å². The molecule has 0 heterocycles. The molecule has 0 fully saturated rings. The second-order valence-corrected chi connectivity index (χ2v) is 5.54. The van der Waals surface area contributed by atoms with E-state index in [1.54, 1.807) is 12.1 Å². The van der Waals surface area contributed by atoms with Gasteiger partial charge in [0.2, 0.25) is 0 Å². The number of hydrogen-bond acceptors (Lipinski definition) is 2. The number of sulfone groups is 1. The van der Waals surface area contributed by atoms with Crippen molar-refractivity contribution in [2.45, 2.75) is 5.75 Å². The van der Waals surface area contributed by atoms with Crippen LogP contribution in [0.2, 0.25) is 0 Å². The van der Waals surface area contributed by atoms with Gasteiger partial charge in [-0.25, -0.2) is 8.42 Å². The van der Waals surface area contributed by atoms with Gasteiger partial charge in [0.25, 0.3) is 0 Å². The third-order valence-corrected chi connectivity index (χ3v) is 2.79. The van der Waals surface area contributed by atoms with Crippen molar-refractivity contribution in [3.05, 3.63) is 39.7 Å². The van der Waals surface area contributed by atoms with E-state index in [1.807, 2.05) is 12.1 Å². The Morgan fingerprint density at radius 3 is 2.17 bits per heavy atom. The Morgan fingerprint density at radius 2 is 1.75 bits per heavy atom. The van der Waals surface area contributed by atoms with Crippen LogP contribution in [0.4, 0.5) is 0 Å². The topological polar surface area (TPSA) is 34.1 Å². The van der Waals surface area contributed by atoms with Crippen molar-refractivity contribution in [3.8, 4) is 0 Å². The first-order chi connectivity index (χ1) is 5.47. The molecule has 12 heavy (non-hydrogen) atoms. The molecule has 1 aromatic carbocycles. The van der Waals surface area contributed by atoms with Crippen molar-refractivity contribution in [1.29, 1.82) is 0 Å². The van der Waals surface area contributed by atoms with Crippen LogP contribution in [-0.2, 0) is 15.6 Å². The summed E-state index contributed by atoms with van der Waals surface area (Å²) in [6, 6.07) is 7.34. The van der Waals surface area contributed by atoms with Gasteiger partial charge in [-0.3, -0.25) is 0 Å². The molecular weight excluding hydrogens is 287 g/mol. The Balaban J connectivity index is 2.85. The van der Waals surface area contributed by atoms with Gasteiger partial charge in [0, 0.05) is 3.57 Å². The minimum absolute atomic E-state index is 0.0178. The van der Waals surface area contributed by atoms with Gasteiger partial charge >= 0.3 is 0 Å². The molecule has 65 valence electrons. The fraction of sp³-hybridized carbons (Fsp3) is 0.125. The smallest absolute Gasteiger partial charge is 0.155 e. The van der Waals surface area contributed by atoms with Crippen LogP contribution in [0.3, 0.4) is 0 Å². The zero-order valence-electron chi connectivity index (χ0n) is 6.33. The van der Waals surface area contributed by atoms with E-state index < -0.39 is 9.84 Å². The summed E-state index contributed by atoms with van der Waals surface area (Å²) >= 11 is 2.17. The average molecular weight is 295 g/mol. The Kier molecular flexibility index (Phi) is 3.11. The maximum atomic E-state index is 10.8. The first-order valence-corrected chi connectivity index (χ1v) is 6.17. The summed E-state index contributed by atoms with van der Waals surface area (Å²) in [4.78, 5) is 0. The first-order valence-electron chi connectivity index (χ1n) is 3.27. The van der Waals surface area contributed by atoms with Crippen LogP contribution in [0.5, 0.6) is 0 Å². The molecule has 0 saturated carbocycles. The Labute approximate surface area is 86.0 Å². The van der Waals surface area contributed by atoms with E-state index in [4.69, 9.17) is 0 Å². The zero-order chi connectivity index (χ0) is 9.19. The summed E-state index contributed by atoms with van der Waals surface area (Å²) in [5.74, 6) is 0.0178. The number of hydrogen-bond donors (Lipinski definition) is 0. The fourth-order valence-electron chi connectivity index (χ4n) is 0.835. The second kappa shape index (κ2) is 3.74. The molecular formula is C8H8IO2S. The minimum atomic E-state index is -3.14. The lowest BCUT2D eigenvalue weighted by Crippen LogP contribution is -1.97. The van der Waals surface area contributed by atoms with Gasteiger partial charge in [0.1, 0.15) is 0 Å². The predicted molar refractivity (Wildman–Crippen MR) is 57.1 cm³/mol. The number of benzene rings is 1. The predicted octanol–water partition coefficient (Wildman–Crippen LogP) is 2.00. The Hall–Kier alpha value is -0.100. The summed E-state index contributed by atoms with van der Waals surface area (Å²) in [5.41, 5.74) is 0.783. The molecule has 0 bridgehead atoms. The van der Waals surface area contributed by atoms with Crippen LogP contribution in [0.25, 0.3) is 0 Å². The molecule has 4 heteroatoms. The SMILES string of the molecule is [CH2]S(=O)(=O)Cc1ccc(I)cc1. The standard InChI is InChI=1S/C8H8IO2S/c1-12(10,11)6-7-2-4-8(9)5-3-7/h2-5H,1,6H2. The molecule has 1 rings (SSSR count). The van der Waals surface area contributed by atoms with E-state index in [2.05, 4.69) is 28.8 Å². The summed E-state index contributed by atoms with van der Waals surface area (Å²) in [6.07, 6.45) is 3.06. The van der Waals surface area contributed by atoms with E-state index in [0.29, 0.717) is 0 Å². The molecule has 0 amide bonds. The molecule has 0 atom stereocenters. The molecule has 0 aliphatic rings. The largest absolute Gasteiger partial charge is 0.228 e. The van der Waals surface area contributed by atoms with Crippen molar-refractivity contribution < 1.29 is 8.42 Å². The van der Waals surface area contributed by atoms with Crippen molar-refractivity contribution >= 4 is 32.4 Å². The third kappa shape index (κ3) is 3.53. The zero-order valence-corrected chi connectivity index (χ0v) is 9.30. The van der Waals surface area contributed by atoms with Gasteiger partial charge in [-0.1, -0.05) is 12.1 Å². The van der Waals surface area contributed by atoms with Gasteiger partial charge in [0.15, 0.2) is 9.84 Å². The molecule has 1 radical (unpaired) electrons. The lowest BCUT2D eigenvalue weighted by molar-refractivity contribution is 0.603. The first kappa shape index (κ1) is 9.98. The van der Waals surface area contributed by atoms with Crippen molar-refractivity contribution in [2.75, 3.05) is 0 Å². The lowest BCUT2D eigenvalue weighted by atomic mass is 10.2. The molecule has 0 saturated heterocycles. The average Bonchev–Trinajstić information content (AvgIpc) is 1.91. The Morgan fingerprint density at radius 1 is 1.25 bits per heavy atom. The molecule has 0 aromatic heterocycles. The van der Waals surface area contributed by atoms with Crippen LogP contribution >= 0.6 is 22.6 Å². The molecule has 0 N–H and O–H groups in total. The quantitative estimate of drug-likeness (QED) is 0.782. The molecule has 0 aliphatic carbocycles. The Bertz CT molecular complexity index is 353. The highest BCUT2D eigenvalue weighted by Gasteiger charge is 2.03. The number of halogens is 1. The molecule has 0 spiro atoms. The van der Waals surface area contributed by atoms with E-state index >= 15 is 0 Å². The second-order valence-electron chi connectivity index (χ2n) is 2.51.